The van der Waals surface area contributed by atoms with Gasteiger partial charge in [-0.15, -0.1) is 0 Å². The van der Waals surface area contributed by atoms with Crippen molar-refractivity contribution in [3.05, 3.63) is 0 Å². The molecule has 0 aromatic rings. The normalized spacial score (nSPS) is 17.7. The van der Waals surface area contributed by atoms with Gasteiger partial charge in [-0.3, -0.25) is 9.80 Å². The van der Waals surface area contributed by atoms with E-state index in [0.717, 1.165) is 17.9 Å². The van der Waals surface area contributed by atoms with Gasteiger partial charge in [-0.2, -0.15) is 23.5 Å². The van der Waals surface area contributed by atoms with Crippen LogP contribution in [0.4, 0.5) is 9.59 Å². The van der Waals surface area contributed by atoms with Crippen LogP contribution in [0, 0.1) is 10.8 Å². The van der Waals surface area contributed by atoms with Crippen molar-refractivity contribution in [3.63, 3.8) is 0 Å². The fourth-order valence-corrected chi connectivity index (χ4v) is 7.62. The smallest absolute Gasteiger partial charge is 0.318 e. The van der Waals surface area contributed by atoms with Crippen LogP contribution in [0.15, 0.2) is 0 Å². The topological polar surface area (TPSA) is 47.1 Å². The average Bonchev–Trinajstić information content (AvgIpc) is 3.21. The highest BCUT2D eigenvalue weighted by molar-refractivity contribution is 8.00. The van der Waals surface area contributed by atoms with E-state index in [0.29, 0.717) is 41.6 Å². The molecule has 0 saturated carbocycles. The van der Waals surface area contributed by atoms with Crippen molar-refractivity contribution < 1.29 is 9.59 Å². The number of nitrogens with zero attached hydrogens (tertiary/aromatic N) is 4. The summed E-state index contributed by atoms with van der Waals surface area (Å²) in [4.78, 5) is 34.5. The summed E-state index contributed by atoms with van der Waals surface area (Å²) in [7, 11) is 0. The summed E-state index contributed by atoms with van der Waals surface area (Å²) in [6.45, 7) is 17.1. The molecule has 10 heteroatoms. The second kappa shape index (κ2) is 13.3. The molecule has 0 radical (unpaired) electrons. The molecule has 200 valence electrons. The molecule has 0 unspecified atom stereocenters. The Morgan fingerprint density at radius 1 is 0.771 bits per heavy atom. The van der Waals surface area contributed by atoms with Crippen molar-refractivity contribution in [2.24, 2.45) is 10.8 Å². The van der Waals surface area contributed by atoms with Crippen LogP contribution in [0.1, 0.15) is 67.7 Å². The van der Waals surface area contributed by atoms with Crippen LogP contribution >= 0.6 is 48.0 Å². The summed E-state index contributed by atoms with van der Waals surface area (Å²) >= 11 is 15.3. The van der Waals surface area contributed by atoms with Gasteiger partial charge in [0.05, 0.1) is 13.1 Å². The summed E-state index contributed by atoms with van der Waals surface area (Å²) in [5, 5.41) is 0. The third-order valence-electron chi connectivity index (χ3n) is 6.56. The van der Waals surface area contributed by atoms with E-state index in [1.807, 2.05) is 37.4 Å². The quantitative estimate of drug-likeness (QED) is 0.186. The minimum absolute atomic E-state index is 0.124. The Morgan fingerprint density at radius 2 is 1.20 bits per heavy atom. The van der Waals surface area contributed by atoms with Gasteiger partial charge in [0.15, 0.2) is 0 Å². The minimum Gasteiger partial charge on any atom is -0.318 e. The molecule has 0 spiro atoms. The molecule has 0 bridgehead atoms. The zero-order valence-electron chi connectivity index (χ0n) is 22.6. The van der Waals surface area contributed by atoms with Crippen LogP contribution in [0.3, 0.4) is 0 Å². The van der Waals surface area contributed by atoms with E-state index in [-0.39, 0.29) is 17.5 Å². The number of likely N-dealkylation sites (N-methyl/N-ethyl adjacent to an activating group) is 2. The van der Waals surface area contributed by atoms with Crippen molar-refractivity contribution in [3.8, 4) is 0 Å². The van der Waals surface area contributed by atoms with E-state index in [2.05, 4.69) is 34.6 Å². The predicted molar refractivity (Wildman–Crippen MR) is 160 cm³/mol. The van der Waals surface area contributed by atoms with Gasteiger partial charge in [-0.05, 0) is 61.5 Å². The molecule has 2 saturated heterocycles. The van der Waals surface area contributed by atoms with Crippen LogP contribution in [-0.2, 0) is 0 Å². The third kappa shape index (κ3) is 8.20. The Kier molecular flexibility index (Phi) is 11.6. The van der Waals surface area contributed by atoms with E-state index in [4.69, 9.17) is 24.4 Å². The first-order valence-electron chi connectivity index (χ1n) is 12.7. The summed E-state index contributed by atoms with van der Waals surface area (Å²) < 4.78 is 0. The van der Waals surface area contributed by atoms with Crippen LogP contribution in [-0.4, -0.2) is 97.0 Å². The van der Waals surface area contributed by atoms with Gasteiger partial charge in [-0.25, -0.2) is 9.59 Å². The highest BCUT2D eigenvalue weighted by Gasteiger charge is 2.51. The molecule has 6 nitrogen and oxygen atoms in total. The Hall–Kier alpha value is -0.580. The van der Waals surface area contributed by atoms with Crippen LogP contribution in [0.5, 0.6) is 0 Å². The molecular weight excluding hydrogens is 517 g/mol. The molecule has 0 aromatic heterocycles. The Bertz CT molecular complexity index is 742. The number of carbonyl (C=O) groups excluding carboxylic acids is 2. The summed E-state index contributed by atoms with van der Waals surface area (Å²) in [6.07, 6.45) is 2.80. The zero-order chi connectivity index (χ0) is 26.4. The van der Waals surface area contributed by atoms with E-state index in [9.17, 15) is 9.59 Å². The van der Waals surface area contributed by atoms with Crippen molar-refractivity contribution in [1.82, 2.24) is 19.6 Å². The number of thioether (sulfide) groups is 2. The van der Waals surface area contributed by atoms with Crippen LogP contribution in [0.25, 0.3) is 0 Å². The molecule has 0 aromatic carbocycles. The third-order valence-corrected chi connectivity index (χ3v) is 9.35. The first-order chi connectivity index (χ1) is 16.3. The highest BCUT2D eigenvalue weighted by Crippen LogP contribution is 2.38. The first kappa shape index (κ1) is 30.6. The van der Waals surface area contributed by atoms with Gasteiger partial charge in [-0.1, -0.05) is 59.1 Å². The summed E-state index contributed by atoms with van der Waals surface area (Å²) in [5.41, 5.74) is 0.0334. The molecule has 2 rings (SSSR count). The standard InChI is InChI=1S/C25H44N4O2S4/c1-8-26-17-19(32)28(22(26)30)21(29-20(33)18-27(9-2)23(29)31)25(6,7)12-16-35-14-10-13-34-15-11-24(3,4)5/h21H,8-18H2,1-7H3. The van der Waals surface area contributed by atoms with Gasteiger partial charge < -0.3 is 9.80 Å². The van der Waals surface area contributed by atoms with E-state index >= 15 is 0 Å². The van der Waals surface area contributed by atoms with Gasteiger partial charge >= 0.3 is 12.1 Å². The number of urea groups is 2. The summed E-state index contributed by atoms with van der Waals surface area (Å²) in [6, 6.07) is -0.248. The second-order valence-corrected chi connectivity index (χ2v) is 14.5. The van der Waals surface area contributed by atoms with E-state index in [1.165, 1.54) is 24.3 Å². The van der Waals surface area contributed by atoms with Gasteiger partial charge in [0.25, 0.3) is 0 Å². The lowest BCUT2D eigenvalue weighted by molar-refractivity contribution is 0.0732. The van der Waals surface area contributed by atoms with Crippen molar-refractivity contribution in [2.75, 3.05) is 49.2 Å². The van der Waals surface area contributed by atoms with E-state index in [1.54, 1.807) is 19.6 Å². The van der Waals surface area contributed by atoms with Crippen molar-refractivity contribution in [2.45, 2.75) is 73.9 Å². The highest BCUT2D eigenvalue weighted by atomic mass is 32.2. The van der Waals surface area contributed by atoms with Crippen LogP contribution < -0.4 is 0 Å². The largest absolute Gasteiger partial charge is 0.327 e. The molecule has 0 atom stereocenters. The van der Waals surface area contributed by atoms with Crippen molar-refractivity contribution in [1.29, 1.82) is 0 Å². The molecule has 35 heavy (non-hydrogen) atoms. The summed E-state index contributed by atoms with van der Waals surface area (Å²) in [5.74, 6) is 4.51. The monoisotopic (exact) mass is 560 g/mol. The SMILES string of the molecule is CCN1CC(=S)N(C(N2C(=O)N(CC)CC2=S)C(C)(C)CCSCCCSCCC(C)(C)C)C1=O. The van der Waals surface area contributed by atoms with Crippen molar-refractivity contribution >= 4 is 70.0 Å². The Morgan fingerprint density at radius 3 is 1.57 bits per heavy atom. The molecule has 0 aliphatic carbocycles. The predicted octanol–water partition coefficient (Wildman–Crippen LogP) is 6.19. The molecule has 2 fully saturated rings. The maximum absolute atomic E-state index is 13.3. The number of carbonyl (C=O) groups is 2. The lowest BCUT2D eigenvalue weighted by Crippen LogP contribution is -2.60. The second-order valence-electron chi connectivity index (χ2n) is 11.1. The molecule has 2 aliphatic heterocycles. The van der Waals surface area contributed by atoms with E-state index < -0.39 is 6.17 Å². The number of hydrogen-bond acceptors (Lipinski definition) is 6. The molecule has 4 amide bonds. The Labute approximate surface area is 232 Å². The first-order valence-corrected chi connectivity index (χ1v) is 15.8. The fraction of sp³-hybridized carbons (Fsp3) is 0.840. The number of rotatable bonds is 14. The molecule has 2 aliphatic rings. The van der Waals surface area contributed by atoms with Gasteiger partial charge in [0.2, 0.25) is 0 Å². The van der Waals surface area contributed by atoms with Gasteiger partial charge in [0.1, 0.15) is 16.1 Å². The molecular formula is C25H44N4O2S4. The Balaban J connectivity index is 2.02. The number of amides is 4. The number of thiocarbonyl (C=S) groups is 2. The zero-order valence-corrected chi connectivity index (χ0v) is 25.9. The minimum atomic E-state index is -0.510. The maximum atomic E-state index is 13.3. The lowest BCUT2D eigenvalue weighted by Gasteiger charge is -2.44. The van der Waals surface area contributed by atoms with Crippen LogP contribution in [0.2, 0.25) is 0 Å². The molecule has 2 heterocycles. The van der Waals surface area contributed by atoms with Gasteiger partial charge in [0, 0.05) is 18.5 Å². The fourth-order valence-electron chi connectivity index (χ4n) is 4.23. The lowest BCUT2D eigenvalue weighted by atomic mass is 9.84. The average molecular weight is 561 g/mol. The number of hydrogen-bond donors (Lipinski definition) is 0. The molecule has 0 N–H and O–H groups in total. The maximum Gasteiger partial charge on any atom is 0.327 e.